The van der Waals surface area contributed by atoms with Crippen molar-refractivity contribution in [2.45, 2.75) is 13.5 Å². The minimum absolute atomic E-state index is 0.243. The molecule has 7 nitrogen and oxygen atoms in total. The van der Waals surface area contributed by atoms with Crippen molar-refractivity contribution in [2.24, 2.45) is 0 Å². The van der Waals surface area contributed by atoms with Gasteiger partial charge in [0.25, 0.3) is 5.56 Å². The van der Waals surface area contributed by atoms with E-state index in [0.717, 1.165) is 4.57 Å². The Balaban J connectivity index is 1.69. The van der Waals surface area contributed by atoms with Crippen LogP contribution < -0.4 is 21.3 Å². The largest absolute Gasteiger partial charge is 0.494 e. The number of ether oxygens (including phenoxy) is 1. The summed E-state index contributed by atoms with van der Waals surface area (Å²) in [6.07, 6.45) is 0. The third-order valence-electron chi connectivity index (χ3n) is 4.59. The van der Waals surface area contributed by atoms with Gasteiger partial charge in [0.1, 0.15) is 17.0 Å². The first-order chi connectivity index (χ1) is 15.0. The smallest absolute Gasteiger partial charge is 0.336 e. The number of benzene rings is 2. The van der Waals surface area contributed by atoms with Gasteiger partial charge in [0, 0.05) is 10.7 Å². The van der Waals surface area contributed by atoms with E-state index in [-0.39, 0.29) is 12.5 Å². The van der Waals surface area contributed by atoms with E-state index < -0.39 is 11.2 Å². The number of rotatable bonds is 6. The Kier molecular flexibility index (Phi) is 5.92. The number of thiophene rings is 1. The molecular formula is C22H18ClN3O4S. The highest BCUT2D eigenvalue weighted by Crippen LogP contribution is 2.18. The van der Waals surface area contributed by atoms with Gasteiger partial charge in [0.2, 0.25) is 5.91 Å². The van der Waals surface area contributed by atoms with E-state index in [1.165, 1.54) is 15.9 Å². The van der Waals surface area contributed by atoms with Crippen LogP contribution in [0, 0.1) is 0 Å². The number of hydrogen-bond acceptors (Lipinski definition) is 5. The molecule has 0 aliphatic rings. The van der Waals surface area contributed by atoms with Crippen molar-refractivity contribution in [3.63, 3.8) is 0 Å². The van der Waals surface area contributed by atoms with Crippen LogP contribution in [-0.4, -0.2) is 21.6 Å². The number of carbonyl (C=O) groups is 1. The molecular weight excluding hydrogens is 438 g/mol. The fourth-order valence-corrected chi connectivity index (χ4v) is 4.15. The molecule has 31 heavy (non-hydrogen) atoms. The maximum absolute atomic E-state index is 13.2. The van der Waals surface area contributed by atoms with Gasteiger partial charge < -0.3 is 10.1 Å². The third kappa shape index (κ3) is 4.26. The van der Waals surface area contributed by atoms with Crippen LogP contribution >= 0.6 is 22.9 Å². The fourth-order valence-electron chi connectivity index (χ4n) is 3.20. The molecule has 4 rings (SSSR count). The first-order valence-corrected chi connectivity index (χ1v) is 10.8. The Morgan fingerprint density at radius 3 is 2.45 bits per heavy atom. The van der Waals surface area contributed by atoms with Crippen molar-refractivity contribution in [3.05, 3.63) is 85.8 Å². The zero-order valence-electron chi connectivity index (χ0n) is 16.5. The van der Waals surface area contributed by atoms with Crippen LogP contribution in [0.2, 0.25) is 5.02 Å². The highest BCUT2D eigenvalue weighted by Gasteiger charge is 2.17. The monoisotopic (exact) mass is 455 g/mol. The number of anilines is 1. The number of amides is 1. The number of fused-ring (bicyclic) bond motifs is 1. The van der Waals surface area contributed by atoms with Gasteiger partial charge in [0.05, 0.1) is 17.8 Å². The van der Waals surface area contributed by atoms with Gasteiger partial charge in [-0.15, -0.1) is 11.3 Å². The molecule has 0 aliphatic heterocycles. The van der Waals surface area contributed by atoms with Crippen LogP contribution in [-0.2, 0) is 11.3 Å². The fraction of sp³-hybridized carbons (Fsp3) is 0.136. The van der Waals surface area contributed by atoms with Gasteiger partial charge in [-0.25, -0.2) is 9.36 Å². The van der Waals surface area contributed by atoms with Crippen LogP contribution in [0.25, 0.3) is 15.9 Å². The van der Waals surface area contributed by atoms with Crippen molar-refractivity contribution in [1.82, 2.24) is 9.13 Å². The Bertz CT molecular complexity index is 1360. The second-order valence-corrected chi connectivity index (χ2v) is 7.98. The molecule has 1 N–H and O–H groups in total. The molecule has 2 aromatic carbocycles. The summed E-state index contributed by atoms with van der Waals surface area (Å²) in [5.74, 6) is 0.312. The Morgan fingerprint density at radius 2 is 1.77 bits per heavy atom. The predicted molar refractivity (Wildman–Crippen MR) is 123 cm³/mol. The van der Waals surface area contributed by atoms with Crippen molar-refractivity contribution >= 4 is 44.7 Å². The standard InChI is InChI=1S/C22H18ClN3O4S/c1-2-30-17-9-5-15(6-10-17)24-19(27)13-25-18-11-12-31-20(18)21(28)26(22(25)29)16-7-3-14(23)4-8-16/h3-12H,2,13H2,1H3,(H,24,27). The van der Waals surface area contributed by atoms with Crippen molar-refractivity contribution < 1.29 is 9.53 Å². The molecule has 158 valence electrons. The van der Waals surface area contributed by atoms with E-state index in [2.05, 4.69) is 5.32 Å². The van der Waals surface area contributed by atoms with Crippen LogP contribution in [0.5, 0.6) is 5.75 Å². The lowest BCUT2D eigenvalue weighted by Crippen LogP contribution is -2.40. The van der Waals surface area contributed by atoms with Crippen molar-refractivity contribution in [1.29, 1.82) is 0 Å². The van der Waals surface area contributed by atoms with E-state index in [4.69, 9.17) is 16.3 Å². The summed E-state index contributed by atoms with van der Waals surface area (Å²) in [4.78, 5) is 38.8. The molecule has 0 bridgehead atoms. The second-order valence-electron chi connectivity index (χ2n) is 6.63. The summed E-state index contributed by atoms with van der Waals surface area (Å²) in [5, 5.41) is 4.98. The second kappa shape index (κ2) is 8.79. The van der Waals surface area contributed by atoms with Crippen molar-refractivity contribution in [2.75, 3.05) is 11.9 Å². The topological polar surface area (TPSA) is 82.3 Å². The predicted octanol–water partition coefficient (Wildman–Crippen LogP) is 3.90. The molecule has 0 unspecified atom stereocenters. The minimum atomic E-state index is -0.597. The number of hydrogen-bond donors (Lipinski definition) is 1. The summed E-state index contributed by atoms with van der Waals surface area (Å²) in [7, 11) is 0. The first-order valence-electron chi connectivity index (χ1n) is 9.49. The SMILES string of the molecule is CCOc1ccc(NC(=O)Cn2c(=O)n(-c3ccc(Cl)cc3)c(=O)c3sccc32)cc1. The van der Waals surface area contributed by atoms with Gasteiger partial charge in [-0.3, -0.25) is 14.2 Å². The summed E-state index contributed by atoms with van der Waals surface area (Å²) in [5.41, 5.74) is 0.358. The van der Waals surface area contributed by atoms with Crippen LogP contribution in [0.15, 0.2) is 69.6 Å². The first kappa shape index (κ1) is 20.9. The zero-order chi connectivity index (χ0) is 22.0. The molecule has 2 aromatic heterocycles. The van der Waals surface area contributed by atoms with Crippen LogP contribution in [0.1, 0.15) is 6.92 Å². The highest BCUT2D eigenvalue weighted by atomic mass is 35.5. The van der Waals surface area contributed by atoms with Crippen LogP contribution in [0.3, 0.4) is 0 Å². The van der Waals surface area contributed by atoms with Gasteiger partial charge in [-0.05, 0) is 66.9 Å². The van der Waals surface area contributed by atoms with E-state index in [0.29, 0.717) is 39.0 Å². The van der Waals surface area contributed by atoms with Gasteiger partial charge in [-0.1, -0.05) is 11.6 Å². The molecule has 0 aliphatic carbocycles. The van der Waals surface area contributed by atoms with Gasteiger partial charge >= 0.3 is 5.69 Å². The molecule has 0 spiro atoms. The normalized spacial score (nSPS) is 10.9. The Labute approximate surface area is 186 Å². The maximum atomic E-state index is 13.2. The summed E-state index contributed by atoms with van der Waals surface area (Å²) >= 11 is 7.15. The summed E-state index contributed by atoms with van der Waals surface area (Å²) in [6, 6.07) is 15.0. The molecule has 4 aromatic rings. The lowest BCUT2D eigenvalue weighted by Gasteiger charge is -2.13. The number of halogens is 1. The molecule has 0 fully saturated rings. The van der Waals surface area contributed by atoms with E-state index >= 15 is 0 Å². The zero-order valence-corrected chi connectivity index (χ0v) is 18.1. The highest BCUT2D eigenvalue weighted by molar-refractivity contribution is 7.17. The Morgan fingerprint density at radius 1 is 1.06 bits per heavy atom. The van der Waals surface area contributed by atoms with Gasteiger partial charge in [0.15, 0.2) is 0 Å². The molecule has 0 atom stereocenters. The number of nitrogens with zero attached hydrogens (tertiary/aromatic N) is 2. The number of aromatic nitrogens is 2. The van der Waals surface area contributed by atoms with E-state index in [1.54, 1.807) is 60.0 Å². The minimum Gasteiger partial charge on any atom is -0.494 e. The third-order valence-corrected chi connectivity index (χ3v) is 5.73. The lowest BCUT2D eigenvalue weighted by atomic mass is 10.3. The average molecular weight is 456 g/mol. The lowest BCUT2D eigenvalue weighted by molar-refractivity contribution is -0.116. The molecule has 0 saturated heterocycles. The molecule has 0 saturated carbocycles. The number of nitrogens with one attached hydrogen (secondary N) is 1. The summed E-state index contributed by atoms with van der Waals surface area (Å²) in [6.45, 7) is 2.20. The molecule has 0 radical (unpaired) electrons. The molecule has 9 heteroatoms. The Hall–Kier alpha value is -3.36. The van der Waals surface area contributed by atoms with Gasteiger partial charge in [-0.2, -0.15) is 0 Å². The van der Waals surface area contributed by atoms with Crippen LogP contribution in [0.4, 0.5) is 5.69 Å². The quantitative estimate of drug-likeness (QED) is 0.478. The molecule has 1 amide bonds. The molecule has 2 heterocycles. The van der Waals surface area contributed by atoms with Crippen molar-refractivity contribution in [3.8, 4) is 11.4 Å². The van der Waals surface area contributed by atoms with E-state index in [9.17, 15) is 14.4 Å². The average Bonchev–Trinajstić information content (AvgIpc) is 3.24. The number of carbonyl (C=O) groups excluding carboxylic acids is 1. The van der Waals surface area contributed by atoms with E-state index in [1.807, 2.05) is 6.92 Å². The summed E-state index contributed by atoms with van der Waals surface area (Å²) < 4.78 is 8.14. The maximum Gasteiger partial charge on any atom is 0.336 e.